The van der Waals surface area contributed by atoms with Crippen molar-refractivity contribution in [3.8, 4) is 0 Å². The van der Waals surface area contributed by atoms with Crippen molar-refractivity contribution in [2.45, 2.75) is 279 Å². The summed E-state index contributed by atoms with van der Waals surface area (Å²) in [6, 6.07) is 0. The van der Waals surface area contributed by atoms with Gasteiger partial charge in [-0.05, 0) is 119 Å². The smallest absolute Gasteiger partial charge is 0.315 e. The van der Waals surface area contributed by atoms with Gasteiger partial charge in [-0.3, -0.25) is 19.2 Å². The molecule has 5 aliphatic carbocycles. The SMILES string of the molecule is C[C@@H]1O[C@@H](O[C@H]2[C@H](OC(=O)[C@]34CCC(C)(C)C[C@H]3C3=CC[C@@H]5[C@@]6(C)C[C@H](O)[C@H](O[C@@H]7O[C@H](CO)[C@@H](O)[C@H](O)[C@H]7O)[C@@](C)(C(=O)O)[C@@H]6CC[C@@]5(C)[C@]3(CO)CC4)O[C@H](C)[C@H](O)[C@@H]2O)[C@H](O)[C@H](O[C@@H]2OC[C@](O)(COC(=O)CC(C)(O)CC(=O)O)[C@H]2O)[C@H]1O[C@@H]1OC[C@@H](O)[C@H](O)[C@H]1O. The maximum absolute atomic E-state index is 15.7. The zero-order chi connectivity index (χ0) is 70.7. The fourth-order valence-electron chi connectivity index (χ4n) is 18.5. The predicted molar refractivity (Wildman–Crippen MR) is 317 cm³/mol. The first-order valence-corrected chi connectivity index (χ1v) is 33.2. The van der Waals surface area contributed by atoms with Crippen molar-refractivity contribution in [2.75, 3.05) is 33.0 Å². The molecule has 32 nitrogen and oxygen atoms in total. The van der Waals surface area contributed by atoms with Crippen molar-refractivity contribution in [1.29, 1.82) is 0 Å². The highest BCUT2D eigenvalue weighted by Crippen LogP contribution is 2.76. The summed E-state index contributed by atoms with van der Waals surface area (Å²) < 4.78 is 65.5. The van der Waals surface area contributed by atoms with E-state index in [1.54, 1.807) is 0 Å². The average Bonchev–Trinajstić information content (AvgIpc) is 0.712. The second-order valence-corrected chi connectivity index (χ2v) is 30.9. The lowest BCUT2D eigenvalue weighted by Crippen LogP contribution is -2.71. The second kappa shape index (κ2) is 27.5. The Morgan fingerprint density at radius 3 is 1.93 bits per heavy atom. The van der Waals surface area contributed by atoms with Crippen LogP contribution in [0.25, 0.3) is 0 Å². The van der Waals surface area contributed by atoms with E-state index in [-0.39, 0.29) is 50.0 Å². The molecule has 33 atom stereocenters. The van der Waals surface area contributed by atoms with Gasteiger partial charge in [0.05, 0.1) is 74.0 Å². The number of fused-ring (bicyclic) bond motifs is 7. The summed E-state index contributed by atoms with van der Waals surface area (Å²) >= 11 is 0. The molecular formula is C64H100O32. The minimum absolute atomic E-state index is 0.000256. The number of aliphatic hydroxyl groups excluding tert-OH is 13. The Bertz CT molecular complexity index is 2840. The molecule has 10 rings (SSSR count). The topological polar surface area (TPSA) is 514 Å². The van der Waals surface area contributed by atoms with E-state index >= 15 is 4.79 Å². The largest absolute Gasteiger partial charge is 0.481 e. The zero-order valence-corrected chi connectivity index (χ0v) is 55.1. The summed E-state index contributed by atoms with van der Waals surface area (Å²) in [4.78, 5) is 53.5. The second-order valence-electron chi connectivity index (χ2n) is 30.9. The molecule has 9 fully saturated rings. The van der Waals surface area contributed by atoms with Crippen molar-refractivity contribution >= 4 is 23.9 Å². The molecule has 1 unspecified atom stereocenters. The first kappa shape index (κ1) is 75.3. The molecule has 5 saturated heterocycles. The van der Waals surface area contributed by atoms with Gasteiger partial charge in [-0.1, -0.05) is 39.3 Å². The molecule has 548 valence electrons. The molecule has 0 aromatic heterocycles. The number of esters is 2. The van der Waals surface area contributed by atoms with E-state index < -0.39 is 255 Å². The van der Waals surface area contributed by atoms with E-state index in [0.717, 1.165) is 12.5 Å². The maximum atomic E-state index is 15.7. The van der Waals surface area contributed by atoms with E-state index in [4.69, 9.17) is 57.2 Å². The van der Waals surface area contributed by atoms with Crippen LogP contribution in [0.5, 0.6) is 0 Å². The number of carbonyl (C=O) groups excluding carboxylic acids is 2. The molecule has 96 heavy (non-hydrogen) atoms. The van der Waals surface area contributed by atoms with Crippen molar-refractivity contribution < 1.29 is 158 Å². The van der Waals surface area contributed by atoms with Crippen LogP contribution in [0.3, 0.4) is 0 Å². The van der Waals surface area contributed by atoms with Crippen molar-refractivity contribution in [1.82, 2.24) is 0 Å². The first-order chi connectivity index (χ1) is 44.7. The van der Waals surface area contributed by atoms with E-state index in [2.05, 4.69) is 20.8 Å². The Hall–Kier alpha value is -3.34. The van der Waals surface area contributed by atoms with Gasteiger partial charge in [0.25, 0.3) is 0 Å². The van der Waals surface area contributed by atoms with E-state index in [9.17, 15) is 96.1 Å². The normalized spacial score (nSPS) is 50.7. The summed E-state index contributed by atoms with van der Waals surface area (Å²) in [6.07, 6.45) is -37.0. The molecule has 0 amide bonds. The summed E-state index contributed by atoms with van der Waals surface area (Å²) in [5.41, 5.74) is -10.0. The number of hydrogen-bond acceptors (Lipinski definition) is 30. The fourth-order valence-corrected chi connectivity index (χ4v) is 18.5. The molecule has 4 saturated carbocycles. The lowest BCUT2D eigenvalue weighted by Gasteiger charge is -2.71. The Labute approximate surface area is 553 Å². The first-order valence-electron chi connectivity index (χ1n) is 33.2. The fraction of sp³-hybridized carbons (Fsp3) is 0.906. The third-order valence-electron chi connectivity index (χ3n) is 24.1. The van der Waals surface area contributed by atoms with Gasteiger partial charge in [0.15, 0.2) is 36.9 Å². The molecular weight excluding hydrogens is 1280 g/mol. The van der Waals surface area contributed by atoms with Crippen LogP contribution in [0.1, 0.15) is 126 Å². The van der Waals surface area contributed by atoms with Gasteiger partial charge in [-0.25, -0.2) is 0 Å². The molecule has 0 aromatic carbocycles. The van der Waals surface area contributed by atoms with Crippen LogP contribution < -0.4 is 0 Å². The van der Waals surface area contributed by atoms with Crippen LogP contribution in [-0.2, 0) is 71.3 Å². The Morgan fingerprint density at radius 2 is 1.27 bits per heavy atom. The van der Waals surface area contributed by atoms with E-state index in [1.807, 2.05) is 13.0 Å². The van der Waals surface area contributed by atoms with E-state index in [1.165, 1.54) is 20.8 Å². The highest BCUT2D eigenvalue weighted by molar-refractivity contribution is 5.79. The van der Waals surface area contributed by atoms with Crippen molar-refractivity contribution in [3.05, 3.63) is 11.6 Å². The summed E-state index contributed by atoms with van der Waals surface area (Å²) in [7, 11) is 0. The zero-order valence-electron chi connectivity index (χ0n) is 55.1. The van der Waals surface area contributed by atoms with Crippen LogP contribution >= 0.6 is 0 Å². The van der Waals surface area contributed by atoms with Crippen LogP contribution in [-0.4, -0.2) is 296 Å². The quantitative estimate of drug-likeness (QED) is 0.0336. The molecule has 0 aromatic rings. The van der Waals surface area contributed by atoms with Gasteiger partial charge in [0.1, 0.15) is 92.1 Å². The average molecular weight is 1380 g/mol. The lowest BCUT2D eigenvalue weighted by molar-refractivity contribution is -0.384. The molecule has 17 N–H and O–H groups in total. The standard InChI is InChI=1S/C64H100O32/c1-26-37(72)41(76)47(94-52-44(79)46(45(27(2)90-52)92-50-42(77)38(73)31(68)22-86-50)93-54-48(80)64(85,25-88-54)24-87-36(71)20-58(5,84)19-35(69)70)53(89-26)96-56(83)62-14-13-57(3,4)17-29(62)28-9-10-33-59(6)18-30(67)49(95-51-43(78)40(75)39(74)32(21-65)91-51)61(8,55(81)82)34(59)11-12-60(33,7)63(28,23-66)16-15-62/h9,26-27,29-34,37-54,65-68,72-80,84-85H,10-25H2,1-8H3,(H,69,70)(H,81,82)/t26-,27+,29+,30+,31-,32-,33-,34-,37+,38+,39-,40+,41+,42-,43-,44-,45+,46+,47-,48+,49+,50+,51+,52+,53+,54+,58?,59-,60-,61+,62+,63+,64-/m1/s1. The number of carboxylic acids is 2. The van der Waals surface area contributed by atoms with Crippen molar-refractivity contribution in [3.63, 3.8) is 0 Å². The molecule has 10 aliphatic rings. The summed E-state index contributed by atoms with van der Waals surface area (Å²) in [5.74, 6) is -6.32. The highest BCUT2D eigenvalue weighted by atomic mass is 16.8. The number of allylic oxidation sites excluding steroid dienone is 1. The third kappa shape index (κ3) is 13.0. The number of hydrogen-bond donors (Lipinski definition) is 17. The van der Waals surface area contributed by atoms with Crippen LogP contribution in [0.2, 0.25) is 0 Å². The molecule has 5 heterocycles. The number of carbonyl (C=O) groups is 4. The predicted octanol–water partition coefficient (Wildman–Crippen LogP) is -3.70. The maximum Gasteiger partial charge on any atom is 0.315 e. The number of aliphatic hydroxyl groups is 15. The minimum atomic E-state index is -2.43. The highest BCUT2D eigenvalue weighted by Gasteiger charge is 2.74. The molecule has 0 bridgehead atoms. The molecule has 0 radical (unpaired) electrons. The van der Waals surface area contributed by atoms with Gasteiger partial charge < -0.3 is 139 Å². The molecule has 32 heteroatoms. The number of ether oxygens (including phenoxy) is 11. The number of aliphatic carboxylic acids is 2. The molecule has 5 aliphatic heterocycles. The lowest BCUT2D eigenvalue weighted by atomic mass is 9.33. The Kier molecular flexibility index (Phi) is 21.5. The molecule has 0 spiro atoms. The number of carboxylic acid groups (broad SMARTS) is 2. The monoisotopic (exact) mass is 1380 g/mol. The van der Waals surface area contributed by atoms with Crippen LogP contribution in [0.4, 0.5) is 0 Å². The minimum Gasteiger partial charge on any atom is -0.481 e. The summed E-state index contributed by atoms with van der Waals surface area (Å²) in [6.45, 7) is 10.1. The van der Waals surface area contributed by atoms with Crippen LogP contribution in [0, 0.1) is 50.2 Å². The van der Waals surface area contributed by atoms with Gasteiger partial charge in [0.2, 0.25) is 6.29 Å². The van der Waals surface area contributed by atoms with Gasteiger partial charge in [-0.2, -0.15) is 0 Å². The van der Waals surface area contributed by atoms with Gasteiger partial charge >= 0.3 is 23.9 Å². The van der Waals surface area contributed by atoms with E-state index in [0.29, 0.717) is 25.7 Å². The Balaban J connectivity index is 0.908. The van der Waals surface area contributed by atoms with Gasteiger partial charge in [-0.15, -0.1) is 0 Å². The third-order valence-corrected chi connectivity index (χ3v) is 24.1. The van der Waals surface area contributed by atoms with Crippen LogP contribution in [0.15, 0.2) is 11.6 Å². The summed E-state index contributed by atoms with van der Waals surface area (Å²) in [5, 5.41) is 188. The Morgan fingerprint density at radius 1 is 0.635 bits per heavy atom. The van der Waals surface area contributed by atoms with Crippen molar-refractivity contribution in [2.24, 2.45) is 50.2 Å². The van der Waals surface area contributed by atoms with Gasteiger partial charge in [0, 0.05) is 5.41 Å². The number of rotatable bonds is 19.